The monoisotopic (exact) mass is 415 g/mol. The van der Waals surface area contributed by atoms with E-state index < -0.39 is 17.5 Å². The molecule has 0 unspecified atom stereocenters. The molecule has 2 aromatic rings. The summed E-state index contributed by atoms with van der Waals surface area (Å²) < 4.78 is 33.8. The number of nitrogens with zero attached hydrogens (tertiary/aromatic N) is 2. The molecule has 160 valence electrons. The number of halogens is 2. The van der Waals surface area contributed by atoms with Crippen LogP contribution in [0.1, 0.15) is 48.4 Å². The molecule has 1 aromatic heterocycles. The summed E-state index contributed by atoms with van der Waals surface area (Å²) in [5.74, 6) is -1.52. The average molecular weight is 415 g/mol. The minimum absolute atomic E-state index is 0.0585. The fraction of sp³-hybridized carbons (Fsp3) is 0.478. The first-order chi connectivity index (χ1) is 14.2. The van der Waals surface area contributed by atoms with Crippen molar-refractivity contribution in [2.75, 3.05) is 19.7 Å². The number of carbonyl (C=O) groups is 1. The number of carbonyl (C=O) groups excluding carboxylic acids is 1. The first kappa shape index (κ1) is 20.9. The van der Waals surface area contributed by atoms with Gasteiger partial charge in [-0.05, 0) is 68.4 Å². The number of ether oxygens (including phenoxy) is 1. The molecule has 0 aliphatic carbocycles. The normalized spacial score (nSPS) is 21.3. The number of amides is 1. The smallest absolute Gasteiger partial charge is 0.267 e. The lowest BCUT2D eigenvalue weighted by Crippen LogP contribution is -2.41. The number of nitrogens with two attached hydrogens (primary N) is 1. The van der Waals surface area contributed by atoms with Crippen LogP contribution in [0.3, 0.4) is 0 Å². The van der Waals surface area contributed by atoms with Crippen LogP contribution in [0.15, 0.2) is 24.3 Å². The van der Waals surface area contributed by atoms with E-state index in [1.165, 1.54) is 18.2 Å². The molecule has 2 N–H and O–H groups in total. The molecule has 2 aliphatic rings. The number of rotatable bonds is 4. The zero-order valence-electron chi connectivity index (χ0n) is 17.4. The second-order valence-electron chi connectivity index (χ2n) is 8.93. The number of benzene rings is 1. The molecule has 5 nitrogen and oxygen atoms in total. The highest BCUT2D eigenvalue weighted by molar-refractivity contribution is 5.92. The quantitative estimate of drug-likeness (QED) is 0.827. The molecule has 1 fully saturated rings. The highest BCUT2D eigenvalue weighted by Crippen LogP contribution is 2.33. The third kappa shape index (κ3) is 4.37. The lowest BCUT2D eigenvalue weighted by atomic mass is 9.89. The maximum atomic E-state index is 14.5. The number of primary amides is 1. The highest BCUT2D eigenvalue weighted by atomic mass is 19.1. The van der Waals surface area contributed by atoms with Gasteiger partial charge in [-0.25, -0.2) is 13.8 Å². The van der Waals surface area contributed by atoms with Crippen molar-refractivity contribution in [1.82, 2.24) is 9.88 Å². The maximum Gasteiger partial charge on any atom is 0.267 e. The molecule has 0 spiro atoms. The largest absolute Gasteiger partial charge is 0.375 e. The van der Waals surface area contributed by atoms with Crippen LogP contribution < -0.4 is 5.73 Å². The first-order valence-electron chi connectivity index (χ1n) is 10.4. The van der Waals surface area contributed by atoms with Gasteiger partial charge in [-0.2, -0.15) is 0 Å². The molecule has 1 aromatic carbocycles. The molecule has 1 saturated heterocycles. The van der Waals surface area contributed by atoms with Crippen LogP contribution in [-0.4, -0.2) is 41.1 Å². The topological polar surface area (TPSA) is 68.5 Å². The van der Waals surface area contributed by atoms with Gasteiger partial charge in [0.25, 0.3) is 5.91 Å². The van der Waals surface area contributed by atoms with Gasteiger partial charge in [-0.3, -0.25) is 9.69 Å². The summed E-state index contributed by atoms with van der Waals surface area (Å²) in [4.78, 5) is 18.6. The van der Waals surface area contributed by atoms with Crippen molar-refractivity contribution in [2.24, 2.45) is 11.7 Å². The molecule has 0 radical (unpaired) electrons. The summed E-state index contributed by atoms with van der Waals surface area (Å²) in [6.07, 6.45) is 2.81. The molecule has 0 saturated carbocycles. The van der Waals surface area contributed by atoms with Crippen molar-refractivity contribution in [3.05, 3.63) is 52.9 Å². The second-order valence-corrected chi connectivity index (χ2v) is 8.93. The molecule has 1 amide bonds. The van der Waals surface area contributed by atoms with Crippen LogP contribution in [0, 0.1) is 17.6 Å². The summed E-state index contributed by atoms with van der Waals surface area (Å²) in [5, 5.41) is 0. The predicted octanol–water partition coefficient (Wildman–Crippen LogP) is 3.69. The van der Waals surface area contributed by atoms with Crippen molar-refractivity contribution >= 4 is 5.91 Å². The minimum Gasteiger partial charge on any atom is -0.375 e. The van der Waals surface area contributed by atoms with Gasteiger partial charge in [0.15, 0.2) is 0 Å². The van der Waals surface area contributed by atoms with Crippen LogP contribution in [0.5, 0.6) is 0 Å². The van der Waals surface area contributed by atoms with Crippen molar-refractivity contribution in [2.45, 2.75) is 45.3 Å². The third-order valence-corrected chi connectivity index (χ3v) is 6.12. The Morgan fingerprint density at radius 2 is 2.10 bits per heavy atom. The molecule has 1 atom stereocenters. The number of hydrogen-bond donors (Lipinski definition) is 1. The van der Waals surface area contributed by atoms with Gasteiger partial charge in [-0.15, -0.1) is 0 Å². The van der Waals surface area contributed by atoms with E-state index in [-0.39, 0.29) is 16.9 Å². The van der Waals surface area contributed by atoms with E-state index in [9.17, 15) is 13.6 Å². The lowest BCUT2D eigenvalue weighted by molar-refractivity contribution is -0.0821. The minimum atomic E-state index is -0.665. The van der Waals surface area contributed by atoms with E-state index >= 15 is 0 Å². The zero-order chi connectivity index (χ0) is 21.5. The fourth-order valence-electron chi connectivity index (χ4n) is 4.39. The Morgan fingerprint density at radius 1 is 1.30 bits per heavy atom. The maximum absolute atomic E-state index is 14.5. The Bertz CT molecular complexity index is 967. The Morgan fingerprint density at radius 3 is 2.77 bits per heavy atom. The summed E-state index contributed by atoms with van der Waals surface area (Å²) in [6, 6.07) is 4.99. The van der Waals surface area contributed by atoms with Crippen molar-refractivity contribution < 1.29 is 18.3 Å². The van der Waals surface area contributed by atoms with E-state index in [0.717, 1.165) is 49.9 Å². The van der Waals surface area contributed by atoms with Crippen LogP contribution in [0.2, 0.25) is 0 Å². The van der Waals surface area contributed by atoms with Gasteiger partial charge in [0.1, 0.15) is 17.3 Å². The summed E-state index contributed by atoms with van der Waals surface area (Å²) in [6.45, 7) is 7.22. The third-order valence-electron chi connectivity index (χ3n) is 6.12. The van der Waals surface area contributed by atoms with Crippen LogP contribution >= 0.6 is 0 Å². The molecule has 0 bridgehead atoms. The Balaban J connectivity index is 1.61. The van der Waals surface area contributed by atoms with Gasteiger partial charge in [0.05, 0.1) is 17.9 Å². The van der Waals surface area contributed by atoms with Gasteiger partial charge >= 0.3 is 0 Å². The summed E-state index contributed by atoms with van der Waals surface area (Å²) in [5.41, 5.74) is 7.96. The molecular weight excluding hydrogens is 388 g/mol. The zero-order valence-corrected chi connectivity index (χ0v) is 17.4. The van der Waals surface area contributed by atoms with Crippen molar-refractivity contribution in [3.8, 4) is 11.1 Å². The van der Waals surface area contributed by atoms with Gasteiger partial charge in [0, 0.05) is 31.3 Å². The molecule has 30 heavy (non-hydrogen) atoms. The standard InChI is InChI=1S/C23H27F2N3O2/c1-23(2)7-5-14(13-30-23)11-28-8-6-17-18(16-4-3-15(24)9-19(16)25)10-20(22(26)29)27-21(17)12-28/h3-4,9-10,14H,5-8,11-13H2,1-2H3,(H2,26,29)/t14-/m1/s1. The van der Waals surface area contributed by atoms with E-state index in [1.54, 1.807) is 0 Å². The number of pyridine rings is 1. The van der Waals surface area contributed by atoms with E-state index in [1.807, 2.05) is 0 Å². The molecule has 2 aliphatic heterocycles. The predicted molar refractivity (Wildman–Crippen MR) is 110 cm³/mol. The van der Waals surface area contributed by atoms with Crippen LogP contribution in [0.25, 0.3) is 11.1 Å². The second kappa shape index (κ2) is 8.04. The summed E-state index contributed by atoms with van der Waals surface area (Å²) >= 11 is 0. The fourth-order valence-corrected chi connectivity index (χ4v) is 4.39. The first-order valence-corrected chi connectivity index (χ1v) is 10.4. The van der Waals surface area contributed by atoms with E-state index in [4.69, 9.17) is 10.5 Å². The highest BCUT2D eigenvalue weighted by Gasteiger charge is 2.30. The molecule has 7 heteroatoms. The van der Waals surface area contributed by atoms with Crippen LogP contribution in [0.4, 0.5) is 8.78 Å². The Labute approximate surface area is 175 Å². The van der Waals surface area contributed by atoms with Gasteiger partial charge < -0.3 is 10.5 Å². The molecule has 4 rings (SSSR count). The van der Waals surface area contributed by atoms with Crippen molar-refractivity contribution in [1.29, 1.82) is 0 Å². The van der Waals surface area contributed by atoms with Gasteiger partial charge in [0.2, 0.25) is 0 Å². The number of aromatic nitrogens is 1. The SMILES string of the molecule is CC1(C)CC[C@H](CN2CCc3c(-c4ccc(F)cc4F)cc(C(N)=O)nc3C2)CO1. The number of fused-ring (bicyclic) bond motifs is 1. The number of hydrogen-bond acceptors (Lipinski definition) is 4. The van der Waals surface area contributed by atoms with Crippen molar-refractivity contribution in [3.63, 3.8) is 0 Å². The molecule has 3 heterocycles. The molecular formula is C23H27F2N3O2. The Hall–Kier alpha value is -2.38. The Kier molecular flexibility index (Phi) is 5.59. The van der Waals surface area contributed by atoms with Crippen LogP contribution in [-0.2, 0) is 17.7 Å². The lowest BCUT2D eigenvalue weighted by Gasteiger charge is -2.38. The van der Waals surface area contributed by atoms with Gasteiger partial charge in [-0.1, -0.05) is 0 Å². The van der Waals surface area contributed by atoms with E-state index in [0.29, 0.717) is 24.4 Å². The average Bonchev–Trinajstić information content (AvgIpc) is 2.69. The van der Waals surface area contributed by atoms with E-state index in [2.05, 4.69) is 23.7 Å². The summed E-state index contributed by atoms with van der Waals surface area (Å²) in [7, 11) is 0.